The molecular weight excluding hydrogens is 628 g/mol. The fourth-order valence-corrected chi connectivity index (χ4v) is 5.56. The van der Waals surface area contributed by atoms with Crippen LogP contribution in [0.4, 0.5) is 0 Å². The van der Waals surface area contributed by atoms with Crippen LogP contribution in [0.2, 0.25) is 0 Å². The van der Waals surface area contributed by atoms with Crippen molar-refractivity contribution in [2.24, 2.45) is 10.3 Å². The van der Waals surface area contributed by atoms with Gasteiger partial charge in [0.05, 0.1) is 12.4 Å². The largest absolute Gasteiger partial charge is 0.489 e. The Bertz CT molecular complexity index is 1740. The van der Waals surface area contributed by atoms with E-state index in [1.807, 2.05) is 56.6 Å². The number of hydrogen-bond donors (Lipinski definition) is 4. The van der Waals surface area contributed by atoms with E-state index in [4.69, 9.17) is 9.68 Å². The van der Waals surface area contributed by atoms with E-state index in [0.717, 1.165) is 11.1 Å². The van der Waals surface area contributed by atoms with Gasteiger partial charge in [0.1, 0.15) is 0 Å². The van der Waals surface area contributed by atoms with E-state index in [0.29, 0.717) is 59.7 Å². The van der Waals surface area contributed by atoms with Gasteiger partial charge in [-0.1, -0.05) is 120 Å². The molecule has 0 aromatic heterocycles. The number of hydrogen-bond acceptors (Lipinski definition) is 10. The van der Waals surface area contributed by atoms with Crippen LogP contribution in [-0.4, -0.2) is 70.7 Å². The number of nitrogens with zero attached hydrogens (tertiary/aromatic N) is 4. The highest BCUT2D eigenvalue weighted by molar-refractivity contribution is 6.60. The molecule has 0 aliphatic heterocycles. The van der Waals surface area contributed by atoms with Crippen LogP contribution < -0.4 is 20.6 Å². The van der Waals surface area contributed by atoms with Crippen LogP contribution >= 0.6 is 0 Å². The minimum absolute atomic E-state index is 0.297. The highest BCUT2D eigenvalue weighted by atomic mass is 16.6. The molecule has 0 spiro atoms. The summed E-state index contributed by atoms with van der Waals surface area (Å²) < 4.78 is 0. The molecule has 0 fully saturated rings. The Morgan fingerprint density at radius 2 is 0.900 bits per heavy atom. The molecule has 5 rings (SSSR count). The molecule has 0 heterocycles. The minimum Gasteiger partial charge on any atom is -0.423 e. The summed E-state index contributed by atoms with van der Waals surface area (Å²) in [5.41, 5.74) is 5.62. The van der Waals surface area contributed by atoms with Crippen molar-refractivity contribution >= 4 is 37.6 Å². The highest BCUT2D eigenvalue weighted by Crippen LogP contribution is 2.32. The van der Waals surface area contributed by atoms with Gasteiger partial charge >= 0.3 is 14.2 Å². The Kier molecular flexibility index (Phi) is 13.1. The summed E-state index contributed by atoms with van der Waals surface area (Å²) in [6.07, 6.45) is 2.87. The summed E-state index contributed by atoms with van der Waals surface area (Å²) >= 11 is 0. The van der Waals surface area contributed by atoms with Crippen molar-refractivity contribution in [1.29, 1.82) is 0 Å². The molecule has 0 aliphatic rings. The van der Waals surface area contributed by atoms with Gasteiger partial charge in [0.25, 0.3) is 0 Å². The predicted octanol–water partition coefficient (Wildman–Crippen LogP) is 3.14. The highest BCUT2D eigenvalue weighted by Gasteiger charge is 2.19. The quantitative estimate of drug-likeness (QED) is 0.0718. The number of rotatable bonds is 16. The molecule has 5 aromatic carbocycles. The number of benzene rings is 5. The minimum atomic E-state index is -1.66. The third-order valence-corrected chi connectivity index (χ3v) is 7.95. The molecule has 0 saturated carbocycles. The summed E-state index contributed by atoms with van der Waals surface area (Å²) in [6, 6.07) is 37.7. The van der Waals surface area contributed by atoms with Crippen LogP contribution in [0.15, 0.2) is 132 Å². The van der Waals surface area contributed by atoms with Gasteiger partial charge in [0.15, 0.2) is 11.5 Å². The SMILES string of the molecule is CN(Cc1ccccc1)Cc1cc(CN(C)Cc2ccccc2)c(O/N=C/c2ccccc2[10B](O)O)cc1O/N=C/c1ccccc1[10B](O)O. The van der Waals surface area contributed by atoms with Crippen molar-refractivity contribution < 1.29 is 29.8 Å². The monoisotopic (exact) mass is 668 g/mol. The lowest BCUT2D eigenvalue weighted by Crippen LogP contribution is -2.32. The van der Waals surface area contributed by atoms with Gasteiger partial charge in [-0.05, 0) is 53.3 Å². The molecule has 0 atom stereocenters. The maximum absolute atomic E-state index is 9.82. The van der Waals surface area contributed by atoms with E-state index >= 15 is 0 Å². The first-order valence-electron chi connectivity index (χ1n) is 16.2. The fraction of sp³-hybridized carbons (Fsp3) is 0.158. The van der Waals surface area contributed by atoms with Crippen molar-refractivity contribution in [3.63, 3.8) is 0 Å². The maximum atomic E-state index is 9.82. The van der Waals surface area contributed by atoms with Crippen molar-refractivity contribution in [2.75, 3.05) is 14.1 Å². The second-order valence-electron chi connectivity index (χ2n) is 12.0. The molecule has 254 valence electrons. The molecule has 12 heteroatoms. The predicted molar refractivity (Wildman–Crippen MR) is 199 cm³/mol. The standard InChI is InChI=1S/C38H40B2N4O6/c1-43(25-29-13-5-3-6-14-29)27-33-21-34(28-44(2)26-30-15-7-4-8-16-30)38(50-42-24-32-18-10-12-20-36(32)40(47)48)22-37(33)49-41-23-31-17-9-11-19-35(31)39(45)46/h3-24,45-48H,25-28H2,1-2H3/b41-23+,42-24+/i39-1,40-1. The third kappa shape index (κ3) is 10.5. The van der Waals surface area contributed by atoms with Crippen LogP contribution in [0.5, 0.6) is 11.5 Å². The Hall–Kier alpha value is -5.07. The second kappa shape index (κ2) is 18.1. The van der Waals surface area contributed by atoms with Gasteiger partial charge in [-0.3, -0.25) is 9.80 Å². The van der Waals surface area contributed by atoms with Crippen molar-refractivity contribution in [2.45, 2.75) is 26.2 Å². The summed E-state index contributed by atoms with van der Waals surface area (Å²) in [4.78, 5) is 16.4. The zero-order valence-corrected chi connectivity index (χ0v) is 28.1. The summed E-state index contributed by atoms with van der Waals surface area (Å²) in [7, 11) is 0.730. The Morgan fingerprint density at radius 3 is 1.30 bits per heavy atom. The third-order valence-electron chi connectivity index (χ3n) is 7.95. The molecule has 50 heavy (non-hydrogen) atoms. The van der Waals surface area contributed by atoms with Crippen LogP contribution in [0.3, 0.4) is 0 Å². The van der Waals surface area contributed by atoms with Gasteiger partial charge in [-0.25, -0.2) is 0 Å². The zero-order chi connectivity index (χ0) is 35.3. The Labute approximate surface area is 293 Å². The van der Waals surface area contributed by atoms with E-state index in [2.05, 4.69) is 44.4 Å². The lowest BCUT2D eigenvalue weighted by atomic mass is 9.26. The lowest BCUT2D eigenvalue weighted by Gasteiger charge is -2.22. The first-order chi connectivity index (χ1) is 24.3. The fourth-order valence-electron chi connectivity index (χ4n) is 5.56. The van der Waals surface area contributed by atoms with E-state index in [-0.39, 0.29) is 0 Å². The van der Waals surface area contributed by atoms with Crippen molar-refractivity contribution in [1.82, 2.24) is 9.80 Å². The second-order valence-corrected chi connectivity index (χ2v) is 12.0. The maximum Gasteiger partial charge on any atom is 0.489 e. The van der Waals surface area contributed by atoms with E-state index in [1.54, 1.807) is 54.6 Å². The Balaban J connectivity index is 1.50. The smallest absolute Gasteiger partial charge is 0.423 e. The Morgan fingerprint density at radius 1 is 0.520 bits per heavy atom. The summed E-state index contributed by atoms with van der Waals surface area (Å²) in [5, 5.41) is 47.7. The van der Waals surface area contributed by atoms with Crippen molar-refractivity contribution in [3.8, 4) is 11.5 Å². The first-order valence-corrected chi connectivity index (χ1v) is 16.2. The van der Waals surface area contributed by atoms with E-state index in [1.165, 1.54) is 23.6 Å². The van der Waals surface area contributed by atoms with Gasteiger partial charge in [0.2, 0.25) is 0 Å². The van der Waals surface area contributed by atoms with Gasteiger partial charge < -0.3 is 29.8 Å². The van der Waals surface area contributed by atoms with E-state index in [9.17, 15) is 20.1 Å². The van der Waals surface area contributed by atoms with Crippen LogP contribution in [0, 0.1) is 0 Å². The summed E-state index contributed by atoms with van der Waals surface area (Å²) in [5.74, 6) is 0.850. The molecule has 0 bridgehead atoms. The lowest BCUT2D eigenvalue weighted by molar-refractivity contribution is 0.284. The van der Waals surface area contributed by atoms with Crippen LogP contribution in [0.1, 0.15) is 33.4 Å². The van der Waals surface area contributed by atoms with Gasteiger partial charge in [-0.15, -0.1) is 0 Å². The molecule has 5 aromatic rings. The van der Waals surface area contributed by atoms with Crippen LogP contribution in [-0.2, 0) is 26.2 Å². The normalized spacial score (nSPS) is 11.5. The van der Waals surface area contributed by atoms with E-state index < -0.39 is 14.2 Å². The molecular formula is C38H40B2N4O6. The molecule has 4 N–H and O–H groups in total. The summed E-state index contributed by atoms with van der Waals surface area (Å²) in [6.45, 7) is 2.44. The van der Waals surface area contributed by atoms with Gasteiger partial charge in [0, 0.05) is 43.4 Å². The van der Waals surface area contributed by atoms with Crippen LogP contribution in [0.25, 0.3) is 0 Å². The zero-order valence-electron chi connectivity index (χ0n) is 28.1. The number of oxime groups is 2. The molecule has 0 aliphatic carbocycles. The average Bonchev–Trinajstić information content (AvgIpc) is 3.10. The molecule has 0 radical (unpaired) electrons. The topological polar surface area (TPSA) is 131 Å². The molecule has 0 amide bonds. The molecule has 0 unspecified atom stereocenters. The average molecular weight is 669 g/mol. The van der Waals surface area contributed by atoms with Crippen molar-refractivity contribution in [3.05, 3.63) is 155 Å². The molecule has 10 nitrogen and oxygen atoms in total. The first kappa shape index (κ1) is 36.2. The van der Waals surface area contributed by atoms with Gasteiger partial charge in [-0.2, -0.15) is 0 Å². The molecule has 0 saturated heterocycles.